The van der Waals surface area contributed by atoms with E-state index in [9.17, 15) is 17.2 Å². The lowest BCUT2D eigenvalue weighted by atomic mass is 10.2. The van der Waals surface area contributed by atoms with Gasteiger partial charge in [0.2, 0.25) is 0 Å². The van der Waals surface area contributed by atoms with Crippen LogP contribution in [0.15, 0.2) is 77.7 Å². The second-order valence-electron chi connectivity index (χ2n) is 5.76. The molecule has 0 fully saturated rings. The van der Waals surface area contributed by atoms with Crippen LogP contribution < -0.4 is 9.04 Å². The Morgan fingerprint density at radius 2 is 1.52 bits per heavy atom. The highest BCUT2D eigenvalue weighted by Gasteiger charge is 2.26. The molecule has 0 aliphatic rings. The number of nitrogens with zero attached hydrogens (tertiary/aromatic N) is 1. The number of ether oxygens (including phenoxy) is 1. The largest absolute Gasteiger partial charge is 0.497 e. The van der Waals surface area contributed by atoms with Crippen LogP contribution in [0.3, 0.4) is 0 Å². The van der Waals surface area contributed by atoms with E-state index in [0.717, 1.165) is 16.4 Å². The number of anilines is 1. The van der Waals surface area contributed by atoms with Gasteiger partial charge in [-0.2, -0.15) is 0 Å². The summed E-state index contributed by atoms with van der Waals surface area (Å²) in [4.78, 5) is -0.0870. The fourth-order valence-electron chi connectivity index (χ4n) is 2.58. The third-order valence-electron chi connectivity index (χ3n) is 4.03. The van der Waals surface area contributed by atoms with E-state index in [2.05, 4.69) is 0 Å². The number of rotatable bonds is 6. The molecule has 0 spiro atoms. The maximum Gasteiger partial charge on any atom is 0.264 e. The van der Waals surface area contributed by atoms with Crippen molar-refractivity contribution < 1.29 is 21.9 Å². The van der Waals surface area contributed by atoms with Crippen LogP contribution in [-0.2, 0) is 16.6 Å². The van der Waals surface area contributed by atoms with Crippen LogP contribution in [0.4, 0.5) is 14.5 Å². The second kappa shape index (κ2) is 7.75. The molecule has 0 saturated heterocycles. The topological polar surface area (TPSA) is 46.6 Å². The van der Waals surface area contributed by atoms with E-state index >= 15 is 0 Å². The fraction of sp³-hybridized carbons (Fsp3) is 0.100. The average molecular weight is 389 g/mol. The van der Waals surface area contributed by atoms with Crippen molar-refractivity contribution in [3.8, 4) is 5.75 Å². The van der Waals surface area contributed by atoms with Gasteiger partial charge in [0.1, 0.15) is 17.4 Å². The summed E-state index contributed by atoms with van der Waals surface area (Å²) >= 11 is 0. The van der Waals surface area contributed by atoms with E-state index in [-0.39, 0.29) is 17.0 Å². The van der Waals surface area contributed by atoms with Crippen molar-refractivity contribution in [2.45, 2.75) is 11.4 Å². The van der Waals surface area contributed by atoms with Crippen molar-refractivity contribution in [2.24, 2.45) is 0 Å². The van der Waals surface area contributed by atoms with Gasteiger partial charge in [0.05, 0.1) is 24.2 Å². The Kier molecular flexibility index (Phi) is 5.41. The van der Waals surface area contributed by atoms with Crippen molar-refractivity contribution in [1.29, 1.82) is 0 Å². The molecule has 0 heterocycles. The number of methoxy groups -OCH3 is 1. The predicted molar refractivity (Wildman–Crippen MR) is 99.2 cm³/mol. The molecular formula is C20H17F2NO3S. The third-order valence-corrected chi connectivity index (χ3v) is 5.82. The monoisotopic (exact) mass is 389 g/mol. The normalized spacial score (nSPS) is 11.2. The average Bonchev–Trinajstić information content (AvgIpc) is 2.68. The summed E-state index contributed by atoms with van der Waals surface area (Å²) in [5.41, 5.74) is 0.558. The van der Waals surface area contributed by atoms with Gasteiger partial charge in [-0.1, -0.05) is 18.2 Å². The summed E-state index contributed by atoms with van der Waals surface area (Å²) in [6.45, 7) is -0.210. The summed E-state index contributed by atoms with van der Waals surface area (Å²) in [6.07, 6.45) is 0. The van der Waals surface area contributed by atoms with Crippen LogP contribution in [0.25, 0.3) is 0 Å². The molecule has 0 aliphatic carbocycles. The summed E-state index contributed by atoms with van der Waals surface area (Å²) in [5.74, 6) is -0.492. The molecule has 3 aromatic rings. The molecule has 7 heteroatoms. The molecule has 4 nitrogen and oxygen atoms in total. The van der Waals surface area contributed by atoms with Crippen molar-refractivity contribution in [2.75, 3.05) is 11.4 Å². The molecule has 0 bridgehead atoms. The SMILES string of the molecule is COc1ccc(N(Cc2ccccc2F)S(=O)(=O)c2ccc(F)cc2)cc1. The number of hydrogen-bond acceptors (Lipinski definition) is 3. The highest BCUT2D eigenvalue weighted by Crippen LogP contribution is 2.28. The minimum atomic E-state index is -4.05. The van der Waals surface area contributed by atoms with Crippen LogP contribution >= 0.6 is 0 Å². The van der Waals surface area contributed by atoms with Crippen molar-refractivity contribution in [3.05, 3.63) is 90.0 Å². The molecule has 27 heavy (non-hydrogen) atoms. The van der Waals surface area contributed by atoms with Gasteiger partial charge in [0.25, 0.3) is 10.0 Å². The van der Waals surface area contributed by atoms with E-state index in [1.165, 1.54) is 37.4 Å². The predicted octanol–water partition coefficient (Wildman–Crippen LogP) is 4.37. The van der Waals surface area contributed by atoms with Gasteiger partial charge in [-0.25, -0.2) is 17.2 Å². The molecular weight excluding hydrogens is 372 g/mol. The first-order valence-corrected chi connectivity index (χ1v) is 9.51. The molecule has 0 unspecified atom stereocenters. The number of halogens is 2. The molecule has 0 amide bonds. The van der Waals surface area contributed by atoms with Crippen LogP contribution in [0.5, 0.6) is 5.75 Å². The number of hydrogen-bond donors (Lipinski definition) is 0. The van der Waals surface area contributed by atoms with Crippen LogP contribution in [-0.4, -0.2) is 15.5 Å². The van der Waals surface area contributed by atoms with Crippen LogP contribution in [0.2, 0.25) is 0 Å². The molecule has 3 rings (SSSR count). The smallest absolute Gasteiger partial charge is 0.264 e. The fourth-order valence-corrected chi connectivity index (χ4v) is 4.02. The molecule has 0 atom stereocenters. The molecule has 0 aromatic heterocycles. The number of sulfonamides is 1. The lowest BCUT2D eigenvalue weighted by Gasteiger charge is -2.25. The van der Waals surface area contributed by atoms with Gasteiger partial charge >= 0.3 is 0 Å². The summed E-state index contributed by atoms with van der Waals surface area (Å²) < 4.78 is 59.9. The van der Waals surface area contributed by atoms with E-state index in [1.54, 1.807) is 30.3 Å². The van der Waals surface area contributed by atoms with E-state index < -0.39 is 21.7 Å². The summed E-state index contributed by atoms with van der Waals surface area (Å²) in [7, 11) is -2.54. The maximum absolute atomic E-state index is 14.1. The quantitative estimate of drug-likeness (QED) is 0.629. The maximum atomic E-state index is 14.1. The van der Waals surface area contributed by atoms with Crippen molar-refractivity contribution in [1.82, 2.24) is 0 Å². The minimum Gasteiger partial charge on any atom is -0.497 e. The molecule has 0 radical (unpaired) electrons. The van der Waals surface area contributed by atoms with E-state index in [0.29, 0.717) is 11.4 Å². The minimum absolute atomic E-state index is 0.0870. The number of benzene rings is 3. The Morgan fingerprint density at radius 3 is 2.11 bits per heavy atom. The Labute approximate surface area is 156 Å². The van der Waals surface area contributed by atoms with Gasteiger partial charge in [-0.05, 0) is 54.6 Å². The van der Waals surface area contributed by atoms with E-state index in [4.69, 9.17) is 4.74 Å². The Hall–Kier alpha value is -2.93. The Morgan fingerprint density at radius 1 is 0.889 bits per heavy atom. The zero-order valence-electron chi connectivity index (χ0n) is 14.5. The van der Waals surface area contributed by atoms with Crippen molar-refractivity contribution >= 4 is 15.7 Å². The second-order valence-corrected chi connectivity index (χ2v) is 7.62. The van der Waals surface area contributed by atoms with Crippen molar-refractivity contribution in [3.63, 3.8) is 0 Å². The van der Waals surface area contributed by atoms with Gasteiger partial charge in [0.15, 0.2) is 0 Å². The zero-order chi connectivity index (χ0) is 19.4. The molecule has 0 saturated carbocycles. The molecule has 0 N–H and O–H groups in total. The van der Waals surface area contributed by atoms with Crippen LogP contribution in [0.1, 0.15) is 5.56 Å². The lowest BCUT2D eigenvalue weighted by Crippen LogP contribution is -2.31. The third kappa shape index (κ3) is 4.09. The molecule has 140 valence electrons. The summed E-state index contributed by atoms with van der Waals surface area (Å²) in [6, 6.07) is 16.8. The van der Waals surface area contributed by atoms with Gasteiger partial charge in [-0.3, -0.25) is 4.31 Å². The van der Waals surface area contributed by atoms with Gasteiger partial charge in [-0.15, -0.1) is 0 Å². The first kappa shape index (κ1) is 18.8. The molecule has 3 aromatic carbocycles. The van der Waals surface area contributed by atoms with Crippen LogP contribution in [0, 0.1) is 11.6 Å². The van der Waals surface area contributed by atoms with Gasteiger partial charge in [0, 0.05) is 5.56 Å². The van der Waals surface area contributed by atoms with Gasteiger partial charge < -0.3 is 4.74 Å². The Bertz CT molecular complexity index is 1020. The van der Waals surface area contributed by atoms with E-state index in [1.807, 2.05) is 0 Å². The first-order valence-electron chi connectivity index (χ1n) is 8.07. The Balaban J connectivity index is 2.08. The first-order chi connectivity index (χ1) is 12.9. The highest BCUT2D eigenvalue weighted by atomic mass is 32.2. The highest BCUT2D eigenvalue weighted by molar-refractivity contribution is 7.92. The summed E-state index contributed by atoms with van der Waals surface area (Å²) in [5, 5.41) is 0. The zero-order valence-corrected chi connectivity index (χ0v) is 15.3. The lowest BCUT2D eigenvalue weighted by molar-refractivity contribution is 0.415. The molecule has 0 aliphatic heterocycles. The standard InChI is InChI=1S/C20H17F2NO3S/c1-26-18-10-8-17(9-11-18)23(14-15-4-2-3-5-20(15)22)27(24,25)19-12-6-16(21)7-13-19/h2-13H,14H2,1H3.